The van der Waals surface area contributed by atoms with Gasteiger partial charge in [0, 0.05) is 18.4 Å². The first kappa shape index (κ1) is 24.4. The van der Waals surface area contributed by atoms with Gasteiger partial charge in [0.05, 0.1) is 11.3 Å². The molecule has 3 heterocycles. The number of carbonyl (C=O) groups excluding carboxylic acids is 1. The maximum atomic E-state index is 12.9. The highest BCUT2D eigenvalue weighted by molar-refractivity contribution is 5.89. The molecular weight excluding hydrogens is 484 g/mol. The Balaban J connectivity index is 1.59. The van der Waals surface area contributed by atoms with Crippen molar-refractivity contribution in [1.82, 2.24) is 20.1 Å². The van der Waals surface area contributed by atoms with Gasteiger partial charge in [-0.05, 0) is 49.7 Å². The predicted octanol–water partition coefficient (Wildman–Crippen LogP) is 4.26. The summed E-state index contributed by atoms with van der Waals surface area (Å²) in [5.41, 5.74) is -1.73. The Kier molecular flexibility index (Phi) is 5.95. The van der Waals surface area contributed by atoms with Gasteiger partial charge in [-0.25, -0.2) is 4.98 Å². The number of aliphatic hydroxyl groups is 1. The maximum absolute atomic E-state index is 12.9. The Bertz CT molecular complexity index is 1230. The highest BCUT2D eigenvalue weighted by Gasteiger charge is 2.55. The first-order valence-electron chi connectivity index (χ1n) is 10.1. The van der Waals surface area contributed by atoms with Crippen LogP contribution in [0.25, 0.3) is 11.6 Å². The zero-order valence-electron chi connectivity index (χ0n) is 17.9. The van der Waals surface area contributed by atoms with Crippen molar-refractivity contribution >= 4 is 17.3 Å². The Labute approximate surface area is 193 Å². The lowest BCUT2D eigenvalue weighted by atomic mass is 9.89. The minimum atomic E-state index is -5.02. The van der Waals surface area contributed by atoms with Gasteiger partial charge in [-0.2, -0.15) is 26.3 Å². The molecule has 0 unspecified atom stereocenters. The number of nitrogens with zero attached hydrogens (tertiary/aromatic N) is 4. The fourth-order valence-electron chi connectivity index (χ4n) is 3.59. The van der Waals surface area contributed by atoms with Crippen LogP contribution in [0.15, 0.2) is 47.0 Å². The van der Waals surface area contributed by atoms with Crippen LogP contribution in [0.5, 0.6) is 0 Å². The third-order valence-electron chi connectivity index (χ3n) is 5.57. The van der Waals surface area contributed by atoms with Crippen molar-refractivity contribution in [3.63, 3.8) is 0 Å². The normalized spacial score (nSPS) is 19.8. The third kappa shape index (κ3) is 4.65. The van der Waals surface area contributed by atoms with Crippen LogP contribution in [0.1, 0.15) is 24.8 Å². The van der Waals surface area contributed by atoms with E-state index in [2.05, 4.69) is 20.5 Å². The molecule has 1 amide bonds. The number of amides is 1. The molecule has 0 radical (unpaired) electrons. The quantitative estimate of drug-likeness (QED) is 0.504. The lowest BCUT2D eigenvalue weighted by Gasteiger charge is -2.26. The molecule has 8 nitrogen and oxygen atoms in total. The topological polar surface area (TPSA) is 104 Å². The van der Waals surface area contributed by atoms with E-state index >= 15 is 0 Å². The molecule has 1 aliphatic heterocycles. The molecule has 0 saturated carbocycles. The second-order valence-electron chi connectivity index (χ2n) is 8.01. The van der Waals surface area contributed by atoms with E-state index in [1.807, 2.05) is 0 Å². The van der Waals surface area contributed by atoms with Crippen molar-refractivity contribution in [2.45, 2.75) is 37.3 Å². The summed E-state index contributed by atoms with van der Waals surface area (Å²) in [6.07, 6.45) is -11.2. The number of hydrogen-bond donors (Lipinski definition) is 2. The van der Waals surface area contributed by atoms with Gasteiger partial charge in [0.2, 0.25) is 18.0 Å². The van der Waals surface area contributed by atoms with Crippen molar-refractivity contribution in [2.24, 2.45) is 0 Å². The number of aliphatic hydroxyl groups excluding tert-OH is 1. The van der Waals surface area contributed by atoms with Crippen molar-refractivity contribution in [1.29, 1.82) is 0 Å². The number of rotatable bonds is 5. The highest BCUT2D eigenvalue weighted by Crippen LogP contribution is 2.39. The van der Waals surface area contributed by atoms with Gasteiger partial charge in [0.25, 0.3) is 5.89 Å². The molecule has 0 bridgehead atoms. The van der Waals surface area contributed by atoms with Crippen LogP contribution in [0.3, 0.4) is 0 Å². The molecule has 186 valence electrons. The summed E-state index contributed by atoms with van der Waals surface area (Å²) in [5.74, 6) is -1.46. The van der Waals surface area contributed by atoms with Crippen molar-refractivity contribution < 1.29 is 40.7 Å². The van der Waals surface area contributed by atoms with E-state index in [1.165, 1.54) is 25.3 Å². The number of anilines is 2. The number of likely N-dealkylation sites (tertiary alicyclic amines) is 1. The average Bonchev–Trinajstić information content (AvgIpc) is 3.39. The number of carbonyl (C=O) groups is 1. The van der Waals surface area contributed by atoms with E-state index in [9.17, 15) is 36.2 Å². The van der Waals surface area contributed by atoms with Crippen LogP contribution in [0.4, 0.5) is 37.7 Å². The smallest absolute Gasteiger partial charge is 0.418 e. The van der Waals surface area contributed by atoms with E-state index in [1.54, 1.807) is 12.1 Å². The molecular formula is C21H17F6N5O3. The second kappa shape index (κ2) is 8.52. The molecule has 1 fully saturated rings. The average molecular weight is 501 g/mol. The molecule has 3 aromatic rings. The van der Waals surface area contributed by atoms with Crippen LogP contribution >= 0.6 is 0 Å². The fraction of sp³-hybridized carbons (Fsp3) is 0.333. The molecule has 4 rings (SSSR count). The first-order chi connectivity index (χ1) is 16.3. The summed E-state index contributed by atoms with van der Waals surface area (Å²) in [5, 5.41) is 20.1. The minimum absolute atomic E-state index is 0.104. The predicted molar refractivity (Wildman–Crippen MR) is 108 cm³/mol. The molecule has 2 aromatic heterocycles. The molecule has 2 atom stereocenters. The summed E-state index contributed by atoms with van der Waals surface area (Å²) in [6, 6.07) is 7.34. The van der Waals surface area contributed by atoms with Crippen molar-refractivity contribution in [3.8, 4) is 11.6 Å². The van der Waals surface area contributed by atoms with E-state index < -0.39 is 35.5 Å². The van der Waals surface area contributed by atoms with Crippen LogP contribution in [0, 0.1) is 0 Å². The van der Waals surface area contributed by atoms with Gasteiger partial charge >= 0.3 is 12.4 Å². The molecule has 35 heavy (non-hydrogen) atoms. The van der Waals surface area contributed by atoms with E-state index in [-0.39, 0.29) is 30.4 Å². The summed E-state index contributed by atoms with van der Waals surface area (Å²) < 4.78 is 82.7. The highest BCUT2D eigenvalue weighted by atomic mass is 19.4. The van der Waals surface area contributed by atoms with E-state index in [0.29, 0.717) is 16.3 Å². The number of aromatic nitrogens is 3. The van der Waals surface area contributed by atoms with Gasteiger partial charge in [-0.1, -0.05) is 0 Å². The number of hydrogen-bond acceptors (Lipinski definition) is 7. The van der Waals surface area contributed by atoms with Gasteiger partial charge in [-0.15, -0.1) is 10.2 Å². The standard InChI is InChI=1S/C21H17F6N5O3/c1-19(8-10-32(17(19)33)18(34)21(25,26)27)16-31-30-15(35-16)14-13(3-2-9-28-14)29-12-6-4-11(5-7-12)20(22,23)24/h2-7,9,18,29,34H,8,10H2,1H3/t18-,19+/m1/s1. The van der Waals surface area contributed by atoms with E-state index in [4.69, 9.17) is 4.42 Å². The van der Waals surface area contributed by atoms with Crippen LogP contribution in [-0.4, -0.2) is 50.0 Å². The summed E-state index contributed by atoms with van der Waals surface area (Å²) in [4.78, 5) is 17.1. The number of halogens is 6. The van der Waals surface area contributed by atoms with Crippen LogP contribution in [-0.2, 0) is 16.4 Å². The number of pyridine rings is 1. The molecule has 0 spiro atoms. The molecule has 14 heteroatoms. The SMILES string of the molecule is C[C@@]1(c2nnc(-c3ncccc3Nc3ccc(C(F)(F)F)cc3)o2)CCN([C@H](O)C(F)(F)F)C1=O. The Morgan fingerprint density at radius 2 is 1.80 bits per heavy atom. The lowest BCUT2D eigenvalue weighted by molar-refractivity contribution is -0.245. The maximum Gasteiger partial charge on any atom is 0.433 e. The Morgan fingerprint density at radius 3 is 2.43 bits per heavy atom. The number of nitrogens with one attached hydrogen (secondary N) is 1. The minimum Gasteiger partial charge on any atom is -0.418 e. The first-order valence-corrected chi connectivity index (χ1v) is 10.1. The third-order valence-corrected chi connectivity index (χ3v) is 5.57. The Morgan fingerprint density at radius 1 is 1.11 bits per heavy atom. The lowest BCUT2D eigenvalue weighted by Crippen LogP contribution is -2.48. The molecule has 0 aliphatic carbocycles. The zero-order valence-corrected chi connectivity index (χ0v) is 17.9. The van der Waals surface area contributed by atoms with Gasteiger partial charge in [0.1, 0.15) is 5.41 Å². The van der Waals surface area contributed by atoms with Crippen LogP contribution < -0.4 is 5.32 Å². The van der Waals surface area contributed by atoms with Crippen molar-refractivity contribution in [2.75, 3.05) is 11.9 Å². The molecule has 1 aliphatic rings. The zero-order chi connectivity index (χ0) is 25.6. The number of benzene rings is 1. The monoisotopic (exact) mass is 501 g/mol. The molecule has 1 saturated heterocycles. The van der Waals surface area contributed by atoms with Crippen LogP contribution in [0.2, 0.25) is 0 Å². The van der Waals surface area contributed by atoms with Gasteiger partial charge < -0.3 is 19.7 Å². The summed E-state index contributed by atoms with van der Waals surface area (Å²) in [7, 11) is 0. The largest absolute Gasteiger partial charge is 0.433 e. The Hall–Kier alpha value is -3.68. The second-order valence-corrected chi connectivity index (χ2v) is 8.01. The van der Waals surface area contributed by atoms with Gasteiger partial charge in [-0.3, -0.25) is 4.79 Å². The fourth-order valence-corrected chi connectivity index (χ4v) is 3.59. The molecule has 1 aromatic carbocycles. The molecule has 2 N–H and O–H groups in total. The summed E-state index contributed by atoms with van der Waals surface area (Å²) in [6.45, 7) is 0.952. The van der Waals surface area contributed by atoms with Crippen molar-refractivity contribution in [3.05, 3.63) is 54.0 Å². The summed E-state index contributed by atoms with van der Waals surface area (Å²) >= 11 is 0. The van der Waals surface area contributed by atoms with E-state index in [0.717, 1.165) is 12.1 Å². The van der Waals surface area contributed by atoms with Gasteiger partial charge in [0.15, 0.2) is 5.69 Å². The number of alkyl halides is 6.